The van der Waals surface area contributed by atoms with Crippen molar-refractivity contribution in [1.82, 2.24) is 14.8 Å². The first-order chi connectivity index (χ1) is 18.2. The van der Waals surface area contributed by atoms with Gasteiger partial charge in [0.2, 0.25) is 0 Å². The first kappa shape index (κ1) is 31.6. The van der Waals surface area contributed by atoms with Crippen LogP contribution in [0.5, 0.6) is 0 Å². The lowest BCUT2D eigenvalue weighted by molar-refractivity contribution is -0.193. The number of hydrogen-bond acceptors (Lipinski definition) is 7. The molecule has 0 radical (unpaired) electrons. The van der Waals surface area contributed by atoms with Crippen LogP contribution in [-0.2, 0) is 20.7 Å². The molecule has 2 aromatic heterocycles. The molecule has 16 heteroatoms. The number of furan rings is 1. The lowest BCUT2D eigenvalue weighted by Crippen LogP contribution is -2.51. The Morgan fingerprint density at radius 1 is 0.949 bits per heavy atom. The second kappa shape index (κ2) is 13.9. The molecule has 0 spiro atoms. The van der Waals surface area contributed by atoms with Crippen LogP contribution in [-0.4, -0.2) is 100 Å². The summed E-state index contributed by atoms with van der Waals surface area (Å²) in [6.45, 7) is 4.14. The molecule has 0 bridgehead atoms. The zero-order valence-electron chi connectivity index (χ0n) is 20.2. The van der Waals surface area contributed by atoms with Crippen LogP contribution in [0.3, 0.4) is 0 Å². The second-order valence-electron chi connectivity index (χ2n) is 8.22. The van der Waals surface area contributed by atoms with Crippen molar-refractivity contribution in [2.45, 2.75) is 37.3 Å². The maximum atomic E-state index is 12.9. The van der Waals surface area contributed by atoms with Crippen LogP contribution in [0.2, 0.25) is 0 Å². The number of likely N-dealkylation sites (tertiary alicyclic amines) is 1. The fourth-order valence-corrected chi connectivity index (χ4v) is 3.97. The average Bonchev–Trinajstić information content (AvgIpc) is 3.55. The summed E-state index contributed by atoms with van der Waals surface area (Å²) in [7, 11) is 0. The quantitative estimate of drug-likeness (QED) is 0.533. The van der Waals surface area contributed by atoms with E-state index in [1.807, 2.05) is 17.2 Å². The van der Waals surface area contributed by atoms with E-state index in [2.05, 4.69) is 16.0 Å². The summed E-state index contributed by atoms with van der Waals surface area (Å²) in [5, 5.41) is 14.2. The summed E-state index contributed by atoms with van der Waals surface area (Å²) in [5.74, 6) is -5.12. The number of amides is 1. The van der Waals surface area contributed by atoms with E-state index in [9.17, 15) is 31.1 Å². The topological polar surface area (TPSA) is 133 Å². The Morgan fingerprint density at radius 2 is 1.54 bits per heavy atom. The Morgan fingerprint density at radius 3 is 2.00 bits per heavy atom. The van der Waals surface area contributed by atoms with Crippen LogP contribution in [0.15, 0.2) is 47.3 Å². The zero-order valence-corrected chi connectivity index (χ0v) is 20.2. The highest BCUT2D eigenvalue weighted by atomic mass is 19.4. The molecular formula is C23H25F6N3O7. The van der Waals surface area contributed by atoms with Gasteiger partial charge in [0.25, 0.3) is 5.91 Å². The minimum atomic E-state index is -5.08. The number of hydrogen-bond donors (Lipinski definition) is 2. The van der Waals surface area contributed by atoms with Gasteiger partial charge in [0, 0.05) is 38.1 Å². The van der Waals surface area contributed by atoms with Crippen molar-refractivity contribution in [3.05, 3.63) is 54.2 Å². The lowest BCUT2D eigenvalue weighted by Gasteiger charge is -2.37. The van der Waals surface area contributed by atoms with Crippen molar-refractivity contribution in [1.29, 1.82) is 0 Å². The summed E-state index contributed by atoms with van der Waals surface area (Å²) in [4.78, 5) is 39.4. The summed E-state index contributed by atoms with van der Waals surface area (Å²) >= 11 is 0. The zero-order chi connectivity index (χ0) is 29.2. The highest BCUT2D eigenvalue weighted by Crippen LogP contribution is 2.28. The van der Waals surface area contributed by atoms with Crippen LogP contribution in [0.1, 0.15) is 22.5 Å². The summed E-state index contributed by atoms with van der Waals surface area (Å²) in [6, 6.07) is 8.01. The van der Waals surface area contributed by atoms with Gasteiger partial charge in [-0.25, -0.2) is 9.59 Å². The molecular weight excluding hydrogens is 544 g/mol. The van der Waals surface area contributed by atoms with Crippen molar-refractivity contribution < 1.29 is 60.1 Å². The van der Waals surface area contributed by atoms with Gasteiger partial charge in [-0.1, -0.05) is 6.07 Å². The fraction of sp³-hybridized carbons (Fsp3) is 0.478. The van der Waals surface area contributed by atoms with Gasteiger partial charge in [-0.05, 0) is 36.6 Å². The van der Waals surface area contributed by atoms with Gasteiger partial charge in [-0.2, -0.15) is 26.3 Å². The molecule has 0 aliphatic carbocycles. The van der Waals surface area contributed by atoms with Crippen molar-refractivity contribution in [2.24, 2.45) is 0 Å². The number of rotatable bonds is 4. The van der Waals surface area contributed by atoms with Gasteiger partial charge in [0.05, 0.1) is 25.5 Å². The largest absolute Gasteiger partial charge is 0.490 e. The standard InChI is InChI=1S/C19H23N3O3.2C2HF3O2/c23-19(18-4-2-10-25-18)22-7-5-16(21-8-11-24-12-9-21)17(22)13-15-3-1-6-20-14-15;2*3-2(4,5)1(6)7/h1-4,6,10,14,16-17H,5,7-9,11-13H2;2*(H,6,7)/t16-,17+;;/m1../s1. The molecule has 2 saturated heterocycles. The van der Waals surface area contributed by atoms with Crippen molar-refractivity contribution in [2.75, 3.05) is 32.8 Å². The number of aliphatic carboxylic acids is 2. The third kappa shape index (κ3) is 9.86. The fourth-order valence-electron chi connectivity index (χ4n) is 3.97. The Labute approximate surface area is 217 Å². The SMILES string of the molecule is O=C(O)C(F)(F)F.O=C(O)C(F)(F)F.O=C(c1ccco1)N1CC[C@@H](N2CCOCC2)[C@@H]1Cc1cccnc1. The molecule has 2 aliphatic rings. The lowest BCUT2D eigenvalue weighted by atomic mass is 9.99. The van der Waals surface area contributed by atoms with Crippen molar-refractivity contribution in [3.8, 4) is 0 Å². The highest BCUT2D eigenvalue weighted by molar-refractivity contribution is 5.92. The molecule has 0 saturated carbocycles. The smallest absolute Gasteiger partial charge is 0.475 e. The first-order valence-electron chi connectivity index (χ1n) is 11.4. The van der Waals surface area contributed by atoms with Crippen LogP contribution in [0.25, 0.3) is 0 Å². The van der Waals surface area contributed by atoms with Crippen molar-refractivity contribution in [3.63, 3.8) is 0 Å². The van der Waals surface area contributed by atoms with Gasteiger partial charge in [-0.3, -0.25) is 14.7 Å². The molecule has 2 aliphatic heterocycles. The number of aromatic nitrogens is 1. The van der Waals surface area contributed by atoms with Crippen LogP contribution < -0.4 is 0 Å². The Hall–Kier alpha value is -3.66. The predicted octanol–water partition coefficient (Wildman–Crippen LogP) is 3.10. The predicted molar refractivity (Wildman–Crippen MR) is 120 cm³/mol. The minimum Gasteiger partial charge on any atom is -0.475 e. The van der Waals surface area contributed by atoms with E-state index >= 15 is 0 Å². The van der Waals surface area contributed by atoms with Crippen LogP contribution in [0.4, 0.5) is 26.3 Å². The summed E-state index contributed by atoms with van der Waals surface area (Å²) < 4.78 is 74.3. The number of pyridine rings is 1. The number of carboxylic acid groups (broad SMARTS) is 2. The van der Waals surface area contributed by atoms with Gasteiger partial charge in [0.1, 0.15) is 0 Å². The third-order valence-corrected chi connectivity index (χ3v) is 5.67. The normalized spacial score (nSPS) is 19.8. The number of carboxylic acids is 2. The molecule has 0 unspecified atom stereocenters. The van der Waals surface area contributed by atoms with E-state index in [1.165, 1.54) is 0 Å². The maximum absolute atomic E-state index is 12.9. The summed E-state index contributed by atoms with van der Waals surface area (Å²) in [6.07, 6.45) is -3.15. The Balaban J connectivity index is 0.000000317. The number of halogens is 6. The number of ether oxygens (including phenoxy) is 1. The van der Waals surface area contributed by atoms with E-state index in [1.54, 1.807) is 24.6 Å². The van der Waals surface area contributed by atoms with Crippen LogP contribution in [0, 0.1) is 0 Å². The first-order valence-corrected chi connectivity index (χ1v) is 11.4. The number of carbonyl (C=O) groups excluding carboxylic acids is 1. The highest BCUT2D eigenvalue weighted by Gasteiger charge is 2.41. The van der Waals surface area contributed by atoms with Gasteiger partial charge in [-0.15, -0.1) is 0 Å². The van der Waals surface area contributed by atoms with Gasteiger partial charge in [0.15, 0.2) is 5.76 Å². The number of nitrogens with zero attached hydrogens (tertiary/aromatic N) is 3. The molecule has 216 valence electrons. The third-order valence-electron chi connectivity index (χ3n) is 5.67. The number of carbonyl (C=O) groups is 3. The Bertz CT molecular complexity index is 1030. The number of morpholine rings is 1. The van der Waals surface area contributed by atoms with E-state index in [4.69, 9.17) is 29.0 Å². The molecule has 2 fully saturated rings. The number of alkyl halides is 6. The van der Waals surface area contributed by atoms with E-state index in [0.29, 0.717) is 11.8 Å². The van der Waals surface area contributed by atoms with E-state index in [-0.39, 0.29) is 11.9 Å². The van der Waals surface area contributed by atoms with E-state index < -0.39 is 24.3 Å². The molecule has 2 atom stereocenters. The second-order valence-corrected chi connectivity index (χ2v) is 8.22. The van der Waals surface area contributed by atoms with Gasteiger partial charge < -0.3 is 24.3 Å². The molecule has 4 heterocycles. The average molecular weight is 569 g/mol. The Kier molecular flexibility index (Phi) is 11.3. The van der Waals surface area contributed by atoms with Crippen LogP contribution >= 0.6 is 0 Å². The molecule has 39 heavy (non-hydrogen) atoms. The molecule has 4 rings (SSSR count). The molecule has 10 nitrogen and oxygen atoms in total. The summed E-state index contributed by atoms with van der Waals surface area (Å²) in [5.41, 5.74) is 1.16. The van der Waals surface area contributed by atoms with Crippen molar-refractivity contribution >= 4 is 17.8 Å². The minimum absolute atomic E-state index is 0.0188. The molecule has 0 aromatic carbocycles. The molecule has 2 aromatic rings. The monoisotopic (exact) mass is 569 g/mol. The molecule has 2 N–H and O–H groups in total. The maximum Gasteiger partial charge on any atom is 0.490 e. The van der Waals surface area contributed by atoms with Gasteiger partial charge >= 0.3 is 24.3 Å². The van der Waals surface area contributed by atoms with E-state index in [0.717, 1.165) is 51.3 Å². The molecule has 1 amide bonds.